The van der Waals surface area contributed by atoms with Crippen LogP contribution in [0.2, 0.25) is 0 Å². The Morgan fingerprint density at radius 1 is 1.33 bits per heavy atom. The van der Waals surface area contributed by atoms with E-state index in [9.17, 15) is 13.5 Å². The predicted octanol–water partition coefficient (Wildman–Crippen LogP) is 0.204. The van der Waals surface area contributed by atoms with E-state index in [1.165, 1.54) is 18.2 Å². The number of benzene rings is 1. The summed E-state index contributed by atoms with van der Waals surface area (Å²) < 4.78 is 33.0. The highest BCUT2D eigenvalue weighted by Crippen LogP contribution is 2.18. The Morgan fingerprint density at radius 3 is 2.53 bits per heavy atom. The molecule has 1 aromatic carbocycles. The molecule has 0 aliphatic rings. The zero-order valence-electron chi connectivity index (χ0n) is 7.62. The summed E-state index contributed by atoms with van der Waals surface area (Å²) in [6.45, 7) is -0.725. The van der Waals surface area contributed by atoms with E-state index in [1.807, 2.05) is 0 Å². The second kappa shape index (κ2) is 4.58. The zero-order valence-corrected chi connectivity index (χ0v) is 8.44. The van der Waals surface area contributed by atoms with Crippen molar-refractivity contribution in [3.63, 3.8) is 0 Å². The number of rotatable bonds is 4. The molecule has 0 amide bonds. The molecule has 0 aliphatic carbocycles. The molecule has 7 heteroatoms. The Labute approximate surface area is 86.7 Å². The van der Waals surface area contributed by atoms with Crippen LogP contribution in [0.3, 0.4) is 0 Å². The molecule has 0 saturated carbocycles. The lowest BCUT2D eigenvalue weighted by Crippen LogP contribution is -2.03. The molecular formula is C8H10O6S. The number of aliphatic hydroxyl groups is 1. The van der Waals surface area contributed by atoms with Crippen LogP contribution in [-0.2, 0) is 27.8 Å². The van der Waals surface area contributed by atoms with Crippen LogP contribution in [0, 0.1) is 0 Å². The fourth-order valence-corrected chi connectivity index (χ4v) is 1.28. The van der Waals surface area contributed by atoms with Crippen molar-refractivity contribution in [2.45, 2.75) is 13.2 Å². The average Bonchev–Trinajstić information content (AvgIpc) is 2.15. The lowest BCUT2D eigenvalue weighted by Gasteiger charge is -2.04. The van der Waals surface area contributed by atoms with Gasteiger partial charge in [0.25, 0.3) is 0 Å². The molecule has 0 spiro atoms. The quantitative estimate of drug-likeness (QED) is 0.643. The summed E-state index contributed by atoms with van der Waals surface area (Å²) in [5.41, 5.74) is 0.668. The Bertz CT molecular complexity index is 438. The van der Waals surface area contributed by atoms with E-state index in [0.717, 1.165) is 0 Å². The van der Waals surface area contributed by atoms with E-state index in [2.05, 4.69) is 4.18 Å². The molecule has 0 aliphatic heterocycles. The van der Waals surface area contributed by atoms with Crippen LogP contribution in [0.25, 0.3) is 0 Å². The van der Waals surface area contributed by atoms with Crippen molar-refractivity contribution in [3.05, 3.63) is 29.3 Å². The SMILES string of the molecule is O=S(=O)(O)OCc1ccc(O)c(CO)c1. The van der Waals surface area contributed by atoms with Crippen molar-refractivity contribution in [1.29, 1.82) is 0 Å². The van der Waals surface area contributed by atoms with E-state index in [0.29, 0.717) is 5.56 Å². The van der Waals surface area contributed by atoms with Gasteiger partial charge < -0.3 is 10.2 Å². The number of phenols is 1. The van der Waals surface area contributed by atoms with Gasteiger partial charge in [-0.15, -0.1) is 0 Å². The molecule has 84 valence electrons. The van der Waals surface area contributed by atoms with Crippen molar-refractivity contribution < 1.29 is 27.4 Å². The molecule has 3 N–H and O–H groups in total. The normalized spacial score (nSPS) is 11.6. The van der Waals surface area contributed by atoms with Gasteiger partial charge in [0.2, 0.25) is 0 Å². The van der Waals surface area contributed by atoms with E-state index in [4.69, 9.17) is 9.66 Å². The summed E-state index contributed by atoms with van der Waals surface area (Å²) >= 11 is 0. The molecule has 0 fully saturated rings. The smallest absolute Gasteiger partial charge is 0.397 e. The third-order valence-corrected chi connectivity index (χ3v) is 2.10. The van der Waals surface area contributed by atoms with Crippen LogP contribution >= 0.6 is 0 Å². The van der Waals surface area contributed by atoms with Gasteiger partial charge in [-0.2, -0.15) is 8.42 Å². The second-order valence-electron chi connectivity index (χ2n) is 2.81. The molecule has 6 nitrogen and oxygen atoms in total. The molecule has 0 heterocycles. The molecule has 0 atom stereocenters. The minimum Gasteiger partial charge on any atom is -0.508 e. The van der Waals surface area contributed by atoms with Gasteiger partial charge in [0, 0.05) is 5.56 Å². The number of aliphatic hydroxyl groups excluding tert-OH is 1. The van der Waals surface area contributed by atoms with Crippen LogP contribution in [-0.4, -0.2) is 23.2 Å². The van der Waals surface area contributed by atoms with E-state index < -0.39 is 10.4 Å². The van der Waals surface area contributed by atoms with E-state index in [1.54, 1.807) is 0 Å². The first-order chi connectivity index (χ1) is 6.92. The fraction of sp³-hybridized carbons (Fsp3) is 0.250. The van der Waals surface area contributed by atoms with Gasteiger partial charge in [0.05, 0.1) is 13.2 Å². The minimum absolute atomic E-state index is 0.0897. The molecule has 0 bridgehead atoms. The highest BCUT2D eigenvalue weighted by molar-refractivity contribution is 7.80. The second-order valence-corrected chi connectivity index (χ2v) is 3.90. The Morgan fingerprint density at radius 2 is 2.00 bits per heavy atom. The first kappa shape index (κ1) is 11.9. The van der Waals surface area contributed by atoms with Crippen LogP contribution < -0.4 is 0 Å². The molecule has 0 radical (unpaired) electrons. The highest BCUT2D eigenvalue weighted by Gasteiger charge is 2.07. The topological polar surface area (TPSA) is 104 Å². The molecule has 0 saturated heterocycles. The van der Waals surface area contributed by atoms with Crippen LogP contribution in [0.1, 0.15) is 11.1 Å². The van der Waals surface area contributed by atoms with Crippen molar-refractivity contribution in [2.75, 3.05) is 0 Å². The molecule has 1 aromatic rings. The summed E-state index contributed by atoms with van der Waals surface area (Å²) in [5, 5.41) is 18.0. The first-order valence-electron chi connectivity index (χ1n) is 3.96. The van der Waals surface area contributed by atoms with Crippen molar-refractivity contribution in [1.82, 2.24) is 0 Å². The standard InChI is InChI=1S/C8H10O6S/c9-4-7-3-6(1-2-8(7)10)5-14-15(11,12)13/h1-3,9-10H,4-5H2,(H,11,12,13). The number of hydrogen-bond donors (Lipinski definition) is 3. The van der Waals surface area contributed by atoms with Crippen molar-refractivity contribution >= 4 is 10.4 Å². The van der Waals surface area contributed by atoms with Crippen molar-refractivity contribution in [2.24, 2.45) is 0 Å². The molecule has 15 heavy (non-hydrogen) atoms. The van der Waals surface area contributed by atoms with Crippen molar-refractivity contribution in [3.8, 4) is 5.75 Å². The molecule has 0 unspecified atom stereocenters. The Hall–Kier alpha value is -1.15. The lowest BCUT2D eigenvalue weighted by molar-refractivity contribution is 0.258. The molecule has 0 aromatic heterocycles. The van der Waals surface area contributed by atoms with Gasteiger partial charge in [0.15, 0.2) is 0 Å². The molecular weight excluding hydrogens is 224 g/mol. The minimum atomic E-state index is -4.48. The summed E-state index contributed by atoms with van der Waals surface area (Å²) in [6, 6.07) is 4.09. The van der Waals surface area contributed by atoms with Gasteiger partial charge in [-0.25, -0.2) is 4.18 Å². The zero-order chi connectivity index (χ0) is 11.5. The monoisotopic (exact) mass is 234 g/mol. The third-order valence-electron chi connectivity index (χ3n) is 1.69. The maximum absolute atomic E-state index is 10.3. The van der Waals surface area contributed by atoms with Gasteiger partial charge in [-0.1, -0.05) is 6.07 Å². The maximum Gasteiger partial charge on any atom is 0.397 e. The van der Waals surface area contributed by atoms with E-state index >= 15 is 0 Å². The van der Waals surface area contributed by atoms with Gasteiger partial charge >= 0.3 is 10.4 Å². The number of aromatic hydroxyl groups is 1. The summed E-state index contributed by atoms with van der Waals surface area (Å²) in [6.07, 6.45) is 0. The summed E-state index contributed by atoms with van der Waals surface area (Å²) in [4.78, 5) is 0. The first-order valence-corrected chi connectivity index (χ1v) is 5.32. The predicted molar refractivity (Wildman–Crippen MR) is 50.4 cm³/mol. The Kier molecular flexibility index (Phi) is 3.64. The maximum atomic E-state index is 10.3. The van der Waals surface area contributed by atoms with Crippen LogP contribution in [0.4, 0.5) is 0 Å². The third kappa shape index (κ3) is 3.84. The van der Waals surface area contributed by atoms with Crippen LogP contribution in [0.15, 0.2) is 18.2 Å². The number of hydrogen-bond acceptors (Lipinski definition) is 5. The highest BCUT2D eigenvalue weighted by atomic mass is 32.3. The Balaban J connectivity index is 2.79. The lowest BCUT2D eigenvalue weighted by atomic mass is 10.1. The van der Waals surface area contributed by atoms with Crippen LogP contribution in [0.5, 0.6) is 5.75 Å². The van der Waals surface area contributed by atoms with Gasteiger partial charge in [-0.3, -0.25) is 4.55 Å². The van der Waals surface area contributed by atoms with Gasteiger partial charge in [-0.05, 0) is 17.7 Å². The van der Waals surface area contributed by atoms with Gasteiger partial charge in [0.1, 0.15) is 5.75 Å². The fourth-order valence-electron chi connectivity index (χ4n) is 0.998. The summed E-state index contributed by atoms with van der Waals surface area (Å²) in [7, 11) is -4.48. The average molecular weight is 234 g/mol. The van der Waals surface area contributed by atoms with E-state index in [-0.39, 0.29) is 24.5 Å². The largest absolute Gasteiger partial charge is 0.508 e. The summed E-state index contributed by atoms with van der Waals surface area (Å²) in [5.74, 6) is -0.0897. The molecule has 1 rings (SSSR count).